The summed E-state index contributed by atoms with van der Waals surface area (Å²) in [5.41, 5.74) is 2.39. The largest absolute Gasteiger partial charge is 0.483 e. The van der Waals surface area contributed by atoms with Crippen molar-refractivity contribution in [2.45, 2.75) is 32.8 Å². The number of benzene rings is 2. The minimum atomic E-state index is -0.167. The fourth-order valence-corrected chi connectivity index (χ4v) is 2.80. The molecule has 0 aliphatic rings. The molecule has 0 saturated heterocycles. The first kappa shape index (κ1) is 20.5. The van der Waals surface area contributed by atoms with Crippen molar-refractivity contribution < 1.29 is 14.3 Å². The van der Waals surface area contributed by atoms with E-state index in [1.165, 1.54) is 5.56 Å². The zero-order valence-electron chi connectivity index (χ0n) is 15.5. The molecule has 1 N–H and O–H groups in total. The molecule has 0 unspecified atom stereocenters. The molecule has 5 heteroatoms. The Balaban J connectivity index is 1.67. The van der Waals surface area contributed by atoms with Gasteiger partial charge in [0.25, 0.3) is 5.91 Å². The Morgan fingerprint density at radius 2 is 1.85 bits per heavy atom. The van der Waals surface area contributed by atoms with E-state index in [0.29, 0.717) is 25.5 Å². The third kappa shape index (κ3) is 6.81. The van der Waals surface area contributed by atoms with Crippen molar-refractivity contribution in [2.75, 3.05) is 19.8 Å². The van der Waals surface area contributed by atoms with E-state index in [9.17, 15) is 4.79 Å². The van der Waals surface area contributed by atoms with Crippen LogP contribution in [0, 0.1) is 0 Å². The summed E-state index contributed by atoms with van der Waals surface area (Å²) in [6.45, 7) is 7.91. The van der Waals surface area contributed by atoms with Gasteiger partial charge in [0.2, 0.25) is 0 Å². The van der Waals surface area contributed by atoms with Crippen LogP contribution in [0.15, 0.2) is 53.0 Å². The van der Waals surface area contributed by atoms with Crippen molar-refractivity contribution in [3.05, 3.63) is 64.1 Å². The van der Waals surface area contributed by atoms with Crippen molar-refractivity contribution in [1.29, 1.82) is 0 Å². The summed E-state index contributed by atoms with van der Waals surface area (Å²) >= 11 is 3.51. The third-order valence-electron chi connectivity index (χ3n) is 3.84. The van der Waals surface area contributed by atoms with Crippen LogP contribution in [0.3, 0.4) is 0 Å². The minimum absolute atomic E-state index is 0.0217. The van der Waals surface area contributed by atoms with E-state index in [1.54, 1.807) is 0 Å². The van der Waals surface area contributed by atoms with E-state index in [0.717, 1.165) is 10.0 Å². The first-order valence-electron chi connectivity index (χ1n) is 8.67. The van der Waals surface area contributed by atoms with Crippen LogP contribution >= 0.6 is 15.9 Å². The smallest absolute Gasteiger partial charge is 0.258 e. The number of halogens is 1. The average Bonchev–Trinajstić information content (AvgIpc) is 2.60. The molecule has 4 nitrogen and oxygen atoms in total. The molecule has 0 heterocycles. The number of nitrogens with one attached hydrogen (secondary N) is 1. The Hall–Kier alpha value is -1.85. The first-order chi connectivity index (χ1) is 12.4. The van der Waals surface area contributed by atoms with Crippen molar-refractivity contribution in [1.82, 2.24) is 5.32 Å². The van der Waals surface area contributed by atoms with E-state index in [4.69, 9.17) is 9.47 Å². The van der Waals surface area contributed by atoms with Gasteiger partial charge in [0, 0.05) is 6.54 Å². The molecule has 2 aromatic carbocycles. The second-order valence-corrected chi connectivity index (χ2v) is 7.93. The topological polar surface area (TPSA) is 47.6 Å². The first-order valence-corrected chi connectivity index (χ1v) is 9.47. The molecule has 2 rings (SSSR count). The summed E-state index contributed by atoms with van der Waals surface area (Å²) < 4.78 is 12.0. The second kappa shape index (κ2) is 9.74. The van der Waals surface area contributed by atoms with Crippen molar-refractivity contribution in [2.24, 2.45) is 0 Å². The van der Waals surface area contributed by atoms with Gasteiger partial charge in [0.05, 0.1) is 17.7 Å². The summed E-state index contributed by atoms with van der Waals surface area (Å²) in [7, 11) is 0. The van der Waals surface area contributed by atoms with Crippen LogP contribution in [0.5, 0.6) is 5.75 Å². The van der Waals surface area contributed by atoms with Crippen LogP contribution in [-0.4, -0.2) is 25.7 Å². The lowest BCUT2D eigenvalue weighted by Gasteiger charge is -2.20. The fraction of sp³-hybridized carbons (Fsp3) is 0.381. The predicted molar refractivity (Wildman–Crippen MR) is 107 cm³/mol. The maximum absolute atomic E-state index is 11.9. The SMILES string of the molecule is CC(C)(C)c1ccc(OCC(=O)NCCOCc2ccccc2)c(Br)c1. The van der Waals surface area contributed by atoms with Crippen LogP contribution in [0.4, 0.5) is 0 Å². The summed E-state index contributed by atoms with van der Waals surface area (Å²) in [6.07, 6.45) is 0. The summed E-state index contributed by atoms with van der Waals surface area (Å²) in [5, 5.41) is 2.79. The number of carbonyl (C=O) groups is 1. The third-order valence-corrected chi connectivity index (χ3v) is 4.46. The lowest BCUT2D eigenvalue weighted by molar-refractivity contribution is -0.123. The van der Waals surface area contributed by atoms with Crippen molar-refractivity contribution >= 4 is 21.8 Å². The Kier molecular flexibility index (Phi) is 7.66. The van der Waals surface area contributed by atoms with Crippen LogP contribution in [0.1, 0.15) is 31.9 Å². The molecular formula is C21H26BrNO3. The highest BCUT2D eigenvalue weighted by Crippen LogP contribution is 2.31. The number of carbonyl (C=O) groups excluding carboxylic acids is 1. The second-order valence-electron chi connectivity index (χ2n) is 7.07. The molecule has 1 amide bonds. The molecule has 0 radical (unpaired) electrons. The molecule has 0 spiro atoms. The van der Waals surface area contributed by atoms with Crippen molar-refractivity contribution in [3.8, 4) is 5.75 Å². The molecule has 0 fully saturated rings. The number of hydrogen-bond donors (Lipinski definition) is 1. The van der Waals surface area contributed by atoms with Gasteiger partial charge in [-0.15, -0.1) is 0 Å². The minimum Gasteiger partial charge on any atom is -0.483 e. The zero-order valence-corrected chi connectivity index (χ0v) is 17.1. The monoisotopic (exact) mass is 419 g/mol. The quantitative estimate of drug-likeness (QED) is 0.642. The molecule has 26 heavy (non-hydrogen) atoms. The lowest BCUT2D eigenvalue weighted by Crippen LogP contribution is -2.31. The number of hydrogen-bond acceptors (Lipinski definition) is 3. The van der Waals surface area contributed by atoms with Gasteiger partial charge in [0.15, 0.2) is 6.61 Å². The van der Waals surface area contributed by atoms with E-state index in [1.807, 2.05) is 48.5 Å². The molecule has 0 saturated carbocycles. The van der Waals surface area contributed by atoms with Crippen LogP contribution < -0.4 is 10.1 Å². The normalized spacial score (nSPS) is 11.2. The summed E-state index contributed by atoms with van der Waals surface area (Å²) in [4.78, 5) is 11.9. The maximum Gasteiger partial charge on any atom is 0.258 e. The number of amides is 1. The van der Waals surface area contributed by atoms with Gasteiger partial charge < -0.3 is 14.8 Å². The predicted octanol–water partition coefficient (Wildman–Crippen LogP) is 4.46. The Morgan fingerprint density at radius 3 is 2.50 bits per heavy atom. The Bertz CT molecular complexity index is 711. The molecular weight excluding hydrogens is 394 g/mol. The highest BCUT2D eigenvalue weighted by Gasteiger charge is 2.15. The molecule has 0 atom stereocenters. The van der Waals surface area contributed by atoms with Gasteiger partial charge in [-0.05, 0) is 44.6 Å². The van der Waals surface area contributed by atoms with Gasteiger partial charge in [-0.25, -0.2) is 0 Å². The molecule has 0 aromatic heterocycles. The summed E-state index contributed by atoms with van der Waals surface area (Å²) in [6, 6.07) is 15.9. The van der Waals surface area contributed by atoms with Crippen LogP contribution in [0.2, 0.25) is 0 Å². The van der Waals surface area contributed by atoms with Crippen LogP contribution in [0.25, 0.3) is 0 Å². The standard InChI is InChI=1S/C21H26BrNO3/c1-21(2,3)17-9-10-19(18(22)13-17)26-15-20(24)23-11-12-25-14-16-7-5-4-6-8-16/h4-10,13H,11-12,14-15H2,1-3H3,(H,23,24). The highest BCUT2D eigenvalue weighted by molar-refractivity contribution is 9.10. The Labute approximate surface area is 164 Å². The van der Waals surface area contributed by atoms with Gasteiger partial charge in [0.1, 0.15) is 5.75 Å². The highest BCUT2D eigenvalue weighted by atomic mass is 79.9. The lowest BCUT2D eigenvalue weighted by atomic mass is 9.87. The summed E-state index contributed by atoms with van der Waals surface area (Å²) in [5.74, 6) is 0.494. The van der Waals surface area contributed by atoms with E-state index in [2.05, 4.69) is 42.0 Å². The average molecular weight is 420 g/mol. The molecule has 0 aliphatic heterocycles. The van der Waals surface area contributed by atoms with E-state index in [-0.39, 0.29) is 17.9 Å². The fourth-order valence-electron chi connectivity index (χ4n) is 2.31. The van der Waals surface area contributed by atoms with Crippen molar-refractivity contribution in [3.63, 3.8) is 0 Å². The van der Waals surface area contributed by atoms with Gasteiger partial charge >= 0.3 is 0 Å². The van der Waals surface area contributed by atoms with E-state index >= 15 is 0 Å². The molecule has 140 valence electrons. The zero-order chi connectivity index (χ0) is 19.0. The molecule has 0 bridgehead atoms. The van der Waals surface area contributed by atoms with Gasteiger partial charge in [-0.1, -0.05) is 57.2 Å². The molecule has 0 aliphatic carbocycles. The Morgan fingerprint density at radius 1 is 1.12 bits per heavy atom. The van der Waals surface area contributed by atoms with Gasteiger partial charge in [-0.2, -0.15) is 0 Å². The maximum atomic E-state index is 11.9. The number of ether oxygens (including phenoxy) is 2. The molecule has 2 aromatic rings. The van der Waals surface area contributed by atoms with E-state index < -0.39 is 0 Å². The number of rotatable bonds is 8. The van der Waals surface area contributed by atoms with Gasteiger partial charge in [-0.3, -0.25) is 4.79 Å². The van der Waals surface area contributed by atoms with Crippen LogP contribution in [-0.2, 0) is 21.6 Å².